The Morgan fingerprint density at radius 1 is 0.829 bits per heavy atom. The number of piperazine rings is 1. The van der Waals surface area contributed by atoms with E-state index in [9.17, 15) is 14.4 Å². The minimum atomic E-state index is -0.256. The van der Waals surface area contributed by atoms with Crippen LogP contribution in [0.1, 0.15) is 23.6 Å². The van der Waals surface area contributed by atoms with Crippen LogP contribution in [0, 0.1) is 23.7 Å². The molecule has 0 radical (unpaired) electrons. The van der Waals surface area contributed by atoms with E-state index < -0.39 is 0 Å². The van der Waals surface area contributed by atoms with Gasteiger partial charge in [-0.25, -0.2) is 0 Å². The number of halogens is 1. The molecule has 2 aliphatic heterocycles. The van der Waals surface area contributed by atoms with Crippen LogP contribution in [0.3, 0.4) is 0 Å². The molecule has 6 nitrogen and oxygen atoms in total. The summed E-state index contributed by atoms with van der Waals surface area (Å²) in [7, 11) is 0. The largest absolute Gasteiger partial charge is 0.339 e. The summed E-state index contributed by atoms with van der Waals surface area (Å²) in [6.07, 6.45) is 5.05. The van der Waals surface area contributed by atoms with Crippen molar-refractivity contribution in [1.29, 1.82) is 0 Å². The molecular weight excluding hydrogens is 462 g/mol. The summed E-state index contributed by atoms with van der Waals surface area (Å²) in [5, 5.41) is 0.704. The minimum absolute atomic E-state index is 0.0646. The van der Waals surface area contributed by atoms with Gasteiger partial charge >= 0.3 is 0 Å². The van der Waals surface area contributed by atoms with Crippen molar-refractivity contribution in [1.82, 2.24) is 14.7 Å². The molecule has 3 amide bonds. The Morgan fingerprint density at radius 2 is 1.40 bits per heavy atom. The Hall–Kier alpha value is -2.96. The first kappa shape index (κ1) is 22.5. The highest BCUT2D eigenvalue weighted by molar-refractivity contribution is 6.30. The quantitative estimate of drug-likeness (QED) is 0.477. The molecule has 0 spiro atoms. The summed E-state index contributed by atoms with van der Waals surface area (Å²) >= 11 is 6.13. The van der Waals surface area contributed by atoms with Crippen molar-refractivity contribution in [2.75, 3.05) is 32.7 Å². The Bertz CT molecular complexity index is 1140. The first-order valence-corrected chi connectivity index (χ1v) is 12.7. The fraction of sp³-hybridized carbons (Fsp3) is 0.393. The van der Waals surface area contributed by atoms with Crippen LogP contribution < -0.4 is 0 Å². The van der Waals surface area contributed by atoms with Crippen LogP contribution in [0.5, 0.6) is 0 Å². The molecule has 4 aliphatic rings. The van der Waals surface area contributed by atoms with Crippen molar-refractivity contribution in [3.05, 3.63) is 82.9 Å². The van der Waals surface area contributed by atoms with E-state index in [0.717, 1.165) is 12.0 Å². The van der Waals surface area contributed by atoms with Crippen LogP contribution in [0.25, 0.3) is 0 Å². The van der Waals surface area contributed by atoms with E-state index in [1.54, 1.807) is 4.90 Å². The van der Waals surface area contributed by atoms with Gasteiger partial charge in [0.2, 0.25) is 17.7 Å². The lowest BCUT2D eigenvalue weighted by atomic mass is 9.85. The number of hydrogen-bond donors (Lipinski definition) is 0. The van der Waals surface area contributed by atoms with E-state index >= 15 is 0 Å². The summed E-state index contributed by atoms with van der Waals surface area (Å²) in [5.41, 5.74) is 2.35. The topological polar surface area (TPSA) is 60.9 Å². The lowest BCUT2D eigenvalue weighted by Gasteiger charge is -2.40. The van der Waals surface area contributed by atoms with Crippen molar-refractivity contribution in [2.24, 2.45) is 23.7 Å². The molecular formula is C28H28ClN3O3. The molecule has 1 saturated carbocycles. The molecule has 0 N–H and O–H groups in total. The van der Waals surface area contributed by atoms with Gasteiger partial charge < -0.3 is 4.90 Å². The fourth-order valence-electron chi connectivity index (χ4n) is 6.48. The molecule has 3 fully saturated rings. The molecule has 0 unspecified atom stereocenters. The van der Waals surface area contributed by atoms with Gasteiger partial charge in [-0.1, -0.05) is 66.2 Å². The maximum atomic E-state index is 13.1. The summed E-state index contributed by atoms with van der Waals surface area (Å²) in [4.78, 5) is 44.5. The molecule has 2 heterocycles. The van der Waals surface area contributed by atoms with Gasteiger partial charge in [-0.15, -0.1) is 0 Å². The van der Waals surface area contributed by atoms with Crippen LogP contribution in [-0.4, -0.2) is 65.1 Å². The zero-order chi connectivity index (χ0) is 24.1. The molecule has 2 saturated heterocycles. The van der Waals surface area contributed by atoms with Crippen molar-refractivity contribution in [3.8, 4) is 0 Å². The number of hydrogen-bond acceptors (Lipinski definition) is 4. The van der Waals surface area contributed by atoms with Crippen LogP contribution in [0.15, 0.2) is 66.7 Å². The van der Waals surface area contributed by atoms with E-state index in [-0.39, 0.29) is 54.0 Å². The Kier molecular flexibility index (Phi) is 5.73. The molecule has 2 aliphatic carbocycles. The maximum absolute atomic E-state index is 13.1. The molecule has 180 valence electrons. The van der Waals surface area contributed by atoms with Crippen LogP contribution >= 0.6 is 11.6 Å². The van der Waals surface area contributed by atoms with Gasteiger partial charge in [0.05, 0.1) is 17.9 Å². The van der Waals surface area contributed by atoms with E-state index in [4.69, 9.17) is 11.6 Å². The van der Waals surface area contributed by atoms with Gasteiger partial charge in [0.25, 0.3) is 0 Å². The summed E-state index contributed by atoms with van der Waals surface area (Å²) in [6, 6.07) is 18.3. The van der Waals surface area contributed by atoms with Gasteiger partial charge in [-0.3, -0.25) is 24.2 Å². The third-order valence-electron chi connectivity index (χ3n) is 8.19. The zero-order valence-corrected chi connectivity index (χ0v) is 20.2. The van der Waals surface area contributed by atoms with Gasteiger partial charge in [0.1, 0.15) is 6.54 Å². The highest BCUT2D eigenvalue weighted by Crippen LogP contribution is 2.52. The number of rotatable bonds is 5. The first-order chi connectivity index (χ1) is 17.0. The molecule has 7 heteroatoms. The number of amides is 3. The number of carbonyl (C=O) groups excluding carboxylic acids is 3. The zero-order valence-electron chi connectivity index (χ0n) is 19.4. The molecule has 2 bridgehead atoms. The average Bonchev–Trinajstić information content (AvgIpc) is 3.57. The molecule has 2 aromatic carbocycles. The molecule has 5 atom stereocenters. The number of likely N-dealkylation sites (tertiary alicyclic amines) is 1. The SMILES string of the molecule is O=C(CN1C(=O)[C@H]2[C@H](C1=O)[C@H]1C=C[C@H]2C1)N1CCN([C@@H](c2ccccc2)c2ccc(Cl)cc2)CC1. The lowest BCUT2D eigenvalue weighted by molar-refractivity contribution is -0.147. The summed E-state index contributed by atoms with van der Waals surface area (Å²) in [5.74, 6) is -0.650. The molecule has 35 heavy (non-hydrogen) atoms. The van der Waals surface area contributed by atoms with Gasteiger partial charge in [0.15, 0.2) is 0 Å². The highest BCUT2D eigenvalue weighted by atomic mass is 35.5. The van der Waals surface area contributed by atoms with Crippen LogP contribution in [-0.2, 0) is 14.4 Å². The monoisotopic (exact) mass is 489 g/mol. The van der Waals surface area contributed by atoms with E-state index in [1.165, 1.54) is 10.5 Å². The molecule has 0 aromatic heterocycles. The number of nitrogens with zero attached hydrogens (tertiary/aromatic N) is 3. The van der Waals surface area contributed by atoms with Crippen LogP contribution in [0.4, 0.5) is 0 Å². The van der Waals surface area contributed by atoms with Crippen molar-refractivity contribution in [2.45, 2.75) is 12.5 Å². The third-order valence-corrected chi connectivity index (χ3v) is 8.44. The summed E-state index contributed by atoms with van der Waals surface area (Å²) < 4.78 is 0. The average molecular weight is 490 g/mol. The van der Waals surface area contributed by atoms with Gasteiger partial charge in [0, 0.05) is 31.2 Å². The smallest absolute Gasteiger partial charge is 0.242 e. The van der Waals surface area contributed by atoms with E-state index in [1.807, 2.05) is 30.3 Å². The van der Waals surface area contributed by atoms with Crippen LogP contribution in [0.2, 0.25) is 5.02 Å². The molecule has 6 rings (SSSR count). The number of fused-ring (bicyclic) bond motifs is 5. The van der Waals surface area contributed by atoms with Gasteiger partial charge in [-0.05, 0) is 41.5 Å². The Morgan fingerprint density at radius 3 is 2.00 bits per heavy atom. The molecule has 2 aromatic rings. The lowest BCUT2D eigenvalue weighted by Crippen LogP contribution is -2.52. The fourth-order valence-corrected chi connectivity index (χ4v) is 6.61. The number of imide groups is 1. The van der Waals surface area contributed by atoms with E-state index in [0.29, 0.717) is 31.2 Å². The minimum Gasteiger partial charge on any atom is -0.339 e. The first-order valence-electron chi connectivity index (χ1n) is 12.4. The second kappa shape index (κ2) is 8.92. The van der Waals surface area contributed by atoms with Crippen molar-refractivity contribution >= 4 is 29.3 Å². The Labute approximate surface area is 210 Å². The maximum Gasteiger partial charge on any atom is 0.242 e. The third kappa shape index (κ3) is 3.89. The van der Waals surface area contributed by atoms with Crippen molar-refractivity contribution < 1.29 is 14.4 Å². The second-order valence-corrected chi connectivity index (χ2v) is 10.5. The highest BCUT2D eigenvalue weighted by Gasteiger charge is 2.59. The normalized spacial score (nSPS) is 28.6. The number of allylic oxidation sites excluding steroid dienone is 2. The van der Waals surface area contributed by atoms with E-state index in [2.05, 4.69) is 41.3 Å². The predicted molar refractivity (Wildman–Crippen MR) is 132 cm³/mol. The standard InChI is InChI=1S/C28H28ClN3O3/c29-22-10-8-19(9-11-22)26(18-4-2-1-3-5-18)31-14-12-30(13-15-31)23(33)17-32-27(34)24-20-6-7-21(16-20)25(24)28(32)35/h1-11,20-21,24-26H,12-17H2/t20-,21-,24+,25+,26-/m0/s1. The van der Waals surface area contributed by atoms with Gasteiger partial charge in [-0.2, -0.15) is 0 Å². The number of benzene rings is 2. The Balaban J connectivity index is 1.12. The van der Waals surface area contributed by atoms with Crippen molar-refractivity contribution in [3.63, 3.8) is 0 Å². The summed E-state index contributed by atoms with van der Waals surface area (Å²) in [6.45, 7) is 2.39. The second-order valence-electron chi connectivity index (χ2n) is 10.0. The predicted octanol–water partition coefficient (Wildman–Crippen LogP) is 3.38. The number of carbonyl (C=O) groups is 3.